The number of primary amides is 1. The van der Waals surface area contributed by atoms with Crippen molar-refractivity contribution in [2.45, 2.75) is 24.5 Å². The topological polar surface area (TPSA) is 213 Å². The van der Waals surface area contributed by atoms with Gasteiger partial charge in [0.15, 0.2) is 17.1 Å². The molecule has 3 aliphatic rings. The molecule has 1 aromatic heterocycles. The highest BCUT2D eigenvalue weighted by Crippen LogP contribution is 2.52. The molecule has 0 radical (unpaired) electrons. The number of fused-ring (bicyclic) bond motifs is 4. The number of nitrogens with two attached hydrogens (primary N) is 2. The lowest BCUT2D eigenvalue weighted by Crippen LogP contribution is -2.65. The maximum Gasteiger partial charge on any atom is 0.255 e. The Morgan fingerprint density at radius 3 is 2.62 bits per heavy atom. The molecule has 2 aromatic rings. The van der Waals surface area contributed by atoms with Crippen LogP contribution >= 0.6 is 0 Å². The van der Waals surface area contributed by atoms with Crippen LogP contribution in [-0.2, 0) is 20.8 Å². The van der Waals surface area contributed by atoms with Crippen LogP contribution in [0.15, 0.2) is 23.1 Å². The van der Waals surface area contributed by atoms with Gasteiger partial charge in [0.2, 0.25) is 5.78 Å². The number of H-pyrrole nitrogens is 1. The van der Waals surface area contributed by atoms with Gasteiger partial charge in [-0.1, -0.05) is 0 Å². The van der Waals surface area contributed by atoms with Crippen molar-refractivity contribution < 1.29 is 39.2 Å². The monoisotopic (exact) mass is 444 g/mol. The van der Waals surface area contributed by atoms with Crippen LogP contribution in [0, 0.1) is 17.7 Å². The Morgan fingerprint density at radius 1 is 1.28 bits per heavy atom. The standard InChI is InChI=1S/C20H17FN4O7/c21-11-5-1-4-2-7-12(22)15(27)10(19(23)31)18(30)20(7,32)17(29)8(4)14(26)9(5)16(28)13-6(11)3-24-25-13/h3-4,7,12,26,28,30,32H,1-2,22H2,(H2,23,31)(H,24,25)/t4-,7-,12-,20-/m0/s1. The molecule has 0 saturated heterocycles. The highest BCUT2D eigenvalue weighted by atomic mass is 19.1. The SMILES string of the molecule is NC(=O)C1=C(O)[C@@]2(O)C(=O)C3=C(O)c4c(c(F)c5cn[nH]c5c4O)C[C@H]3C[C@H]2[C@H](N)C1=O. The summed E-state index contributed by atoms with van der Waals surface area (Å²) in [7, 11) is 0. The van der Waals surface area contributed by atoms with Gasteiger partial charge < -0.3 is 31.9 Å². The number of aromatic hydroxyl groups is 1. The average molecular weight is 444 g/mol. The Bertz CT molecular complexity index is 1340. The summed E-state index contributed by atoms with van der Waals surface area (Å²) in [6, 6.07) is -1.55. The molecule has 166 valence electrons. The Kier molecular flexibility index (Phi) is 3.87. The minimum Gasteiger partial charge on any atom is -0.508 e. The molecule has 1 amide bonds. The van der Waals surface area contributed by atoms with Crippen molar-refractivity contribution in [1.82, 2.24) is 10.2 Å². The van der Waals surface area contributed by atoms with Crippen molar-refractivity contribution >= 4 is 34.1 Å². The van der Waals surface area contributed by atoms with Gasteiger partial charge in [-0.2, -0.15) is 5.10 Å². The average Bonchev–Trinajstić information content (AvgIpc) is 3.23. The van der Waals surface area contributed by atoms with Crippen molar-refractivity contribution in [2.75, 3.05) is 0 Å². The first-order chi connectivity index (χ1) is 15.0. The van der Waals surface area contributed by atoms with Crippen molar-refractivity contribution in [2.24, 2.45) is 23.3 Å². The molecule has 9 N–H and O–H groups in total. The van der Waals surface area contributed by atoms with E-state index in [-0.39, 0.29) is 40.4 Å². The fourth-order valence-corrected chi connectivity index (χ4v) is 5.23. The van der Waals surface area contributed by atoms with Gasteiger partial charge in [0.1, 0.15) is 28.4 Å². The summed E-state index contributed by atoms with van der Waals surface area (Å²) in [5.41, 5.74) is 6.34. The van der Waals surface area contributed by atoms with Crippen molar-refractivity contribution in [3.05, 3.63) is 40.0 Å². The molecule has 4 atom stereocenters. The first-order valence-electron chi connectivity index (χ1n) is 9.62. The minimum atomic E-state index is -2.80. The van der Waals surface area contributed by atoms with Gasteiger partial charge in [-0.05, 0) is 18.8 Å². The van der Waals surface area contributed by atoms with E-state index in [4.69, 9.17) is 11.5 Å². The summed E-state index contributed by atoms with van der Waals surface area (Å²) in [4.78, 5) is 37.6. The number of Topliss-reactive ketones (excluding diaryl/α,β-unsaturated/α-hetero) is 2. The van der Waals surface area contributed by atoms with Crippen LogP contribution in [0.25, 0.3) is 16.7 Å². The number of nitrogens with zero attached hydrogens (tertiary/aromatic N) is 1. The number of amides is 1. The van der Waals surface area contributed by atoms with Gasteiger partial charge in [0.05, 0.1) is 23.2 Å². The molecule has 0 unspecified atom stereocenters. The quantitative estimate of drug-likeness (QED) is 0.279. The van der Waals surface area contributed by atoms with Crippen LogP contribution in [0.2, 0.25) is 0 Å². The van der Waals surface area contributed by atoms with Gasteiger partial charge in [0, 0.05) is 17.1 Å². The second-order valence-corrected chi connectivity index (χ2v) is 8.25. The van der Waals surface area contributed by atoms with E-state index in [0.717, 1.165) is 6.20 Å². The van der Waals surface area contributed by atoms with Gasteiger partial charge in [-0.15, -0.1) is 0 Å². The predicted octanol–water partition coefficient (Wildman–Crippen LogP) is -0.624. The number of phenolic OH excluding ortho intramolecular Hbond substituents is 1. The first-order valence-corrected chi connectivity index (χ1v) is 9.62. The number of hydrogen-bond donors (Lipinski definition) is 7. The molecule has 0 aliphatic heterocycles. The first kappa shape index (κ1) is 20.2. The fraction of sp³-hybridized carbons (Fsp3) is 0.300. The van der Waals surface area contributed by atoms with Crippen LogP contribution in [0.5, 0.6) is 5.75 Å². The van der Waals surface area contributed by atoms with Crippen molar-refractivity contribution in [3.63, 3.8) is 0 Å². The molecule has 12 heteroatoms. The lowest BCUT2D eigenvalue weighted by Gasteiger charge is -2.48. The molecule has 32 heavy (non-hydrogen) atoms. The molecular formula is C20H17FN4O7. The Balaban J connectivity index is 1.78. The number of phenols is 1. The van der Waals surface area contributed by atoms with Crippen LogP contribution in [0.1, 0.15) is 17.5 Å². The Labute approximate surface area is 177 Å². The largest absolute Gasteiger partial charge is 0.508 e. The molecule has 1 heterocycles. The molecule has 11 nitrogen and oxygen atoms in total. The summed E-state index contributed by atoms with van der Waals surface area (Å²) in [6.07, 6.45) is 0.797. The van der Waals surface area contributed by atoms with Crippen molar-refractivity contribution in [1.29, 1.82) is 0 Å². The third kappa shape index (κ3) is 2.14. The maximum absolute atomic E-state index is 15.1. The summed E-state index contributed by atoms with van der Waals surface area (Å²) in [5.74, 6) is -9.22. The molecule has 0 bridgehead atoms. The normalized spacial score (nSPS) is 29.8. The van der Waals surface area contributed by atoms with Crippen LogP contribution in [-0.4, -0.2) is 59.7 Å². The molecule has 0 spiro atoms. The lowest BCUT2D eigenvalue weighted by atomic mass is 9.58. The minimum absolute atomic E-state index is 0.0210. The van der Waals surface area contributed by atoms with E-state index in [1.54, 1.807) is 0 Å². The summed E-state index contributed by atoms with van der Waals surface area (Å²) < 4.78 is 15.1. The van der Waals surface area contributed by atoms with E-state index >= 15 is 4.39 Å². The summed E-state index contributed by atoms with van der Waals surface area (Å²) in [5, 5.41) is 49.3. The third-order valence-corrected chi connectivity index (χ3v) is 6.76. The van der Waals surface area contributed by atoms with Gasteiger partial charge in [0.25, 0.3) is 5.91 Å². The smallest absolute Gasteiger partial charge is 0.255 e. The van der Waals surface area contributed by atoms with Gasteiger partial charge in [-0.3, -0.25) is 19.5 Å². The van der Waals surface area contributed by atoms with E-state index in [1.807, 2.05) is 0 Å². The molecule has 3 aliphatic carbocycles. The lowest BCUT2D eigenvalue weighted by molar-refractivity contribution is -0.149. The zero-order valence-corrected chi connectivity index (χ0v) is 16.2. The van der Waals surface area contributed by atoms with E-state index in [2.05, 4.69) is 10.2 Å². The highest BCUT2D eigenvalue weighted by molar-refractivity contribution is 6.24. The van der Waals surface area contributed by atoms with Crippen LogP contribution in [0.4, 0.5) is 4.39 Å². The molecule has 5 rings (SSSR count). The molecule has 1 aromatic carbocycles. The summed E-state index contributed by atoms with van der Waals surface area (Å²) >= 11 is 0. The van der Waals surface area contributed by atoms with Gasteiger partial charge in [-0.25, -0.2) is 4.39 Å². The van der Waals surface area contributed by atoms with Crippen LogP contribution < -0.4 is 11.5 Å². The summed E-state index contributed by atoms with van der Waals surface area (Å²) in [6.45, 7) is 0. The van der Waals surface area contributed by atoms with E-state index in [1.165, 1.54) is 0 Å². The number of aromatic amines is 1. The van der Waals surface area contributed by atoms with E-state index < -0.39 is 69.6 Å². The number of halogens is 1. The number of aliphatic hydroxyl groups excluding tert-OH is 2. The molecule has 1 saturated carbocycles. The Hall–Kier alpha value is -3.77. The number of aromatic nitrogens is 2. The Morgan fingerprint density at radius 2 is 1.97 bits per heavy atom. The van der Waals surface area contributed by atoms with E-state index in [0.29, 0.717) is 0 Å². The number of benzene rings is 1. The zero-order chi connectivity index (χ0) is 23.3. The fourth-order valence-electron chi connectivity index (χ4n) is 5.23. The number of carbonyl (C=O) groups is 3. The highest BCUT2D eigenvalue weighted by Gasteiger charge is 2.63. The number of rotatable bonds is 1. The molecular weight excluding hydrogens is 427 g/mol. The number of hydrogen-bond acceptors (Lipinski definition) is 9. The predicted molar refractivity (Wildman–Crippen MR) is 104 cm³/mol. The second kappa shape index (κ2) is 6.14. The van der Waals surface area contributed by atoms with Gasteiger partial charge >= 0.3 is 0 Å². The number of aliphatic hydroxyl groups is 3. The number of ketones is 2. The third-order valence-electron chi connectivity index (χ3n) is 6.76. The van der Waals surface area contributed by atoms with Crippen molar-refractivity contribution in [3.8, 4) is 5.75 Å². The molecule has 1 fully saturated rings. The zero-order valence-electron chi connectivity index (χ0n) is 16.2. The van der Waals surface area contributed by atoms with Crippen LogP contribution in [0.3, 0.4) is 0 Å². The second-order valence-electron chi connectivity index (χ2n) is 8.25. The number of nitrogens with one attached hydrogen (secondary N) is 1. The maximum atomic E-state index is 15.1. The number of carbonyl (C=O) groups excluding carboxylic acids is 3. The van der Waals surface area contributed by atoms with E-state index in [9.17, 15) is 34.8 Å².